The van der Waals surface area contributed by atoms with Gasteiger partial charge < -0.3 is 4.74 Å². The molecule has 0 amide bonds. The molecular weight excluding hydrogens is 261 g/mol. The topological polar surface area (TPSA) is 72.8 Å². The SMILES string of the molecule is CCOC(=O)c1ccc(N=CCS(=O)(=O)F)cc1. The maximum atomic E-state index is 12.2. The molecule has 18 heavy (non-hydrogen) atoms. The Bertz CT molecular complexity index is 537. The van der Waals surface area contributed by atoms with Gasteiger partial charge in [0.05, 0.1) is 17.9 Å². The zero-order valence-electron chi connectivity index (χ0n) is 9.67. The van der Waals surface area contributed by atoms with Crippen molar-refractivity contribution >= 4 is 28.1 Å². The molecular formula is C11H12FNO4S. The molecule has 1 aromatic carbocycles. The van der Waals surface area contributed by atoms with Gasteiger partial charge in [0, 0.05) is 6.21 Å². The van der Waals surface area contributed by atoms with Crippen LogP contribution in [0.3, 0.4) is 0 Å². The number of ether oxygens (including phenoxy) is 1. The molecule has 98 valence electrons. The third-order valence-electron chi connectivity index (χ3n) is 1.89. The zero-order chi connectivity index (χ0) is 13.6. The first-order valence-corrected chi connectivity index (χ1v) is 6.69. The molecule has 0 atom stereocenters. The lowest BCUT2D eigenvalue weighted by atomic mass is 10.2. The van der Waals surface area contributed by atoms with Crippen LogP contribution in [0.25, 0.3) is 0 Å². The van der Waals surface area contributed by atoms with Gasteiger partial charge in [-0.2, -0.15) is 8.42 Å². The minimum absolute atomic E-state index is 0.285. The smallest absolute Gasteiger partial charge is 0.338 e. The van der Waals surface area contributed by atoms with E-state index in [1.165, 1.54) is 24.3 Å². The van der Waals surface area contributed by atoms with Gasteiger partial charge in [0.25, 0.3) is 0 Å². The van der Waals surface area contributed by atoms with Crippen LogP contribution >= 0.6 is 0 Å². The fraction of sp³-hybridized carbons (Fsp3) is 0.273. The number of benzene rings is 1. The van der Waals surface area contributed by atoms with E-state index in [0.717, 1.165) is 6.21 Å². The van der Waals surface area contributed by atoms with E-state index in [4.69, 9.17) is 4.74 Å². The van der Waals surface area contributed by atoms with Crippen LogP contribution in [-0.4, -0.2) is 33.0 Å². The van der Waals surface area contributed by atoms with Crippen molar-refractivity contribution in [2.24, 2.45) is 4.99 Å². The standard InChI is InChI=1S/C11H12FNO4S/c1-2-17-11(14)9-3-5-10(6-4-9)13-7-8-18(12,15)16/h3-7H,2,8H2,1H3. The summed E-state index contributed by atoms with van der Waals surface area (Å²) in [5.41, 5.74) is 0.792. The van der Waals surface area contributed by atoms with E-state index in [9.17, 15) is 17.1 Å². The van der Waals surface area contributed by atoms with Gasteiger partial charge in [-0.05, 0) is 31.2 Å². The molecule has 0 heterocycles. The van der Waals surface area contributed by atoms with Crippen LogP contribution in [0.1, 0.15) is 17.3 Å². The monoisotopic (exact) mass is 273 g/mol. The lowest BCUT2D eigenvalue weighted by molar-refractivity contribution is 0.0526. The number of nitrogens with zero attached hydrogens (tertiary/aromatic N) is 1. The van der Waals surface area contributed by atoms with E-state index >= 15 is 0 Å². The van der Waals surface area contributed by atoms with Crippen molar-refractivity contribution in [3.8, 4) is 0 Å². The molecule has 1 rings (SSSR count). The second-order valence-corrected chi connectivity index (χ2v) is 4.70. The van der Waals surface area contributed by atoms with Crippen LogP contribution < -0.4 is 0 Å². The molecule has 0 N–H and O–H groups in total. The lowest BCUT2D eigenvalue weighted by Crippen LogP contribution is -2.03. The molecule has 0 saturated heterocycles. The van der Waals surface area contributed by atoms with E-state index < -0.39 is 21.9 Å². The zero-order valence-corrected chi connectivity index (χ0v) is 10.5. The Labute approximate surface area is 105 Å². The molecule has 0 unspecified atom stereocenters. The first-order valence-electron chi connectivity index (χ1n) is 5.14. The first-order chi connectivity index (χ1) is 8.42. The first kappa shape index (κ1) is 14.3. The molecule has 0 radical (unpaired) electrons. The quantitative estimate of drug-likeness (QED) is 0.466. The van der Waals surface area contributed by atoms with Crippen LogP contribution in [0.15, 0.2) is 29.3 Å². The molecule has 0 aliphatic rings. The molecule has 0 aliphatic heterocycles. The summed E-state index contributed by atoms with van der Waals surface area (Å²) in [7, 11) is -4.55. The summed E-state index contributed by atoms with van der Waals surface area (Å²) < 4.78 is 37.4. The third-order valence-corrected chi connectivity index (χ3v) is 2.44. The molecule has 7 heteroatoms. The average molecular weight is 273 g/mol. The van der Waals surface area contributed by atoms with Gasteiger partial charge in [-0.15, -0.1) is 3.89 Å². The molecule has 5 nitrogen and oxygen atoms in total. The summed E-state index contributed by atoms with van der Waals surface area (Å²) in [5.74, 6) is -1.22. The number of carbonyl (C=O) groups excluding carboxylic acids is 1. The van der Waals surface area contributed by atoms with Crippen molar-refractivity contribution in [3.05, 3.63) is 29.8 Å². The van der Waals surface area contributed by atoms with Gasteiger partial charge in [0.15, 0.2) is 0 Å². The van der Waals surface area contributed by atoms with Crippen LogP contribution in [0.4, 0.5) is 9.57 Å². The molecule has 0 bridgehead atoms. The minimum atomic E-state index is -4.55. The van der Waals surface area contributed by atoms with Gasteiger partial charge in [-0.3, -0.25) is 4.99 Å². The van der Waals surface area contributed by atoms with E-state index in [-0.39, 0.29) is 6.61 Å². The van der Waals surface area contributed by atoms with Gasteiger partial charge in [-0.1, -0.05) is 0 Å². The van der Waals surface area contributed by atoms with Crippen LogP contribution in [0.5, 0.6) is 0 Å². The van der Waals surface area contributed by atoms with E-state index in [1.807, 2.05) is 0 Å². The van der Waals surface area contributed by atoms with Gasteiger partial charge >= 0.3 is 16.2 Å². The second kappa shape index (κ2) is 6.25. The van der Waals surface area contributed by atoms with Gasteiger partial charge in [-0.25, -0.2) is 4.79 Å². The fourth-order valence-corrected chi connectivity index (χ4v) is 1.38. The Hall–Kier alpha value is -1.76. The molecule has 1 aromatic rings. The molecule has 0 spiro atoms. The predicted octanol–water partition coefficient (Wildman–Crippen LogP) is 1.86. The largest absolute Gasteiger partial charge is 0.462 e. The Morgan fingerprint density at radius 1 is 1.39 bits per heavy atom. The molecule has 0 saturated carbocycles. The highest BCUT2D eigenvalue weighted by Crippen LogP contribution is 2.13. The van der Waals surface area contributed by atoms with Crippen LogP contribution in [0.2, 0.25) is 0 Å². The molecule has 0 aromatic heterocycles. The van der Waals surface area contributed by atoms with Crippen LogP contribution in [-0.2, 0) is 15.0 Å². The minimum Gasteiger partial charge on any atom is -0.462 e. The Kier molecular flexibility index (Phi) is 4.96. The van der Waals surface area contributed by atoms with E-state index in [1.54, 1.807) is 6.92 Å². The Morgan fingerprint density at radius 3 is 2.50 bits per heavy atom. The molecule has 0 aliphatic carbocycles. The number of hydrogen-bond donors (Lipinski definition) is 0. The van der Waals surface area contributed by atoms with Gasteiger partial charge in [0.1, 0.15) is 5.75 Å². The summed E-state index contributed by atoms with van der Waals surface area (Å²) >= 11 is 0. The highest BCUT2D eigenvalue weighted by atomic mass is 32.3. The lowest BCUT2D eigenvalue weighted by Gasteiger charge is -2.01. The van der Waals surface area contributed by atoms with E-state index in [0.29, 0.717) is 11.3 Å². The number of carbonyl (C=O) groups is 1. The van der Waals surface area contributed by atoms with Crippen molar-refractivity contribution in [2.45, 2.75) is 6.92 Å². The summed E-state index contributed by atoms with van der Waals surface area (Å²) in [6.07, 6.45) is 0.953. The number of aliphatic imine (C=N–C) groups is 1. The number of esters is 1. The summed E-state index contributed by atoms with van der Waals surface area (Å²) in [5, 5.41) is 0. The Morgan fingerprint density at radius 2 is 2.00 bits per heavy atom. The highest BCUT2D eigenvalue weighted by molar-refractivity contribution is 7.87. The third kappa shape index (κ3) is 5.05. The number of halogens is 1. The highest BCUT2D eigenvalue weighted by Gasteiger charge is 2.05. The second-order valence-electron chi connectivity index (χ2n) is 3.28. The number of rotatable bonds is 5. The van der Waals surface area contributed by atoms with Crippen molar-refractivity contribution in [1.82, 2.24) is 0 Å². The fourth-order valence-electron chi connectivity index (χ4n) is 1.13. The molecule has 0 fully saturated rings. The summed E-state index contributed by atoms with van der Waals surface area (Å²) in [6, 6.07) is 6.00. The summed E-state index contributed by atoms with van der Waals surface area (Å²) in [4.78, 5) is 15.1. The van der Waals surface area contributed by atoms with Gasteiger partial charge in [0.2, 0.25) is 0 Å². The van der Waals surface area contributed by atoms with Crippen molar-refractivity contribution in [3.63, 3.8) is 0 Å². The maximum Gasteiger partial charge on any atom is 0.338 e. The van der Waals surface area contributed by atoms with Crippen molar-refractivity contribution < 1.29 is 21.8 Å². The van der Waals surface area contributed by atoms with Crippen LogP contribution in [0, 0.1) is 0 Å². The van der Waals surface area contributed by atoms with Crippen molar-refractivity contribution in [1.29, 1.82) is 0 Å². The van der Waals surface area contributed by atoms with E-state index in [2.05, 4.69) is 4.99 Å². The normalized spacial score (nSPS) is 11.7. The number of hydrogen-bond acceptors (Lipinski definition) is 5. The summed E-state index contributed by atoms with van der Waals surface area (Å²) in [6.45, 7) is 1.99. The predicted molar refractivity (Wildman–Crippen MR) is 65.4 cm³/mol. The van der Waals surface area contributed by atoms with Crippen molar-refractivity contribution in [2.75, 3.05) is 12.4 Å². The Balaban J connectivity index is 2.69. The maximum absolute atomic E-state index is 12.2. The average Bonchev–Trinajstić information content (AvgIpc) is 2.28.